The van der Waals surface area contributed by atoms with Gasteiger partial charge < -0.3 is 4.90 Å². The van der Waals surface area contributed by atoms with E-state index in [0.29, 0.717) is 29.6 Å². The first-order valence-electron chi connectivity index (χ1n) is 7.49. The minimum absolute atomic E-state index is 0.0651. The Kier molecular flexibility index (Phi) is 3.14. The number of amides is 1. The molecule has 0 N–H and O–H groups in total. The summed E-state index contributed by atoms with van der Waals surface area (Å²) in [5, 5.41) is 5.05. The lowest BCUT2D eigenvalue weighted by atomic mass is 10.1. The summed E-state index contributed by atoms with van der Waals surface area (Å²) >= 11 is 5.93. The van der Waals surface area contributed by atoms with Crippen molar-refractivity contribution in [1.29, 1.82) is 0 Å². The molecule has 0 unspecified atom stereocenters. The van der Waals surface area contributed by atoms with E-state index in [1.165, 1.54) is 19.0 Å². The number of nitrogens with zero attached hydrogens (tertiary/aromatic N) is 5. The van der Waals surface area contributed by atoms with E-state index >= 15 is 0 Å². The van der Waals surface area contributed by atoms with Crippen molar-refractivity contribution in [2.75, 3.05) is 6.54 Å². The van der Waals surface area contributed by atoms with E-state index in [1.54, 1.807) is 12.3 Å². The SMILES string of the molecule is C[C@@H]1c2nc(C3CC3)nn2CCN1C(=O)c1cncc(Cl)c1. The van der Waals surface area contributed by atoms with Crippen LogP contribution < -0.4 is 0 Å². The number of hydrogen-bond acceptors (Lipinski definition) is 4. The highest BCUT2D eigenvalue weighted by molar-refractivity contribution is 6.30. The van der Waals surface area contributed by atoms with Gasteiger partial charge in [-0.05, 0) is 25.8 Å². The molecule has 1 amide bonds. The first-order valence-corrected chi connectivity index (χ1v) is 7.87. The van der Waals surface area contributed by atoms with E-state index < -0.39 is 0 Å². The third kappa shape index (κ3) is 2.27. The topological polar surface area (TPSA) is 63.9 Å². The van der Waals surface area contributed by atoms with Crippen LogP contribution in [-0.2, 0) is 6.54 Å². The van der Waals surface area contributed by atoms with Crippen molar-refractivity contribution >= 4 is 17.5 Å². The minimum Gasteiger partial charge on any atom is -0.327 e. The maximum absolute atomic E-state index is 12.7. The number of halogens is 1. The van der Waals surface area contributed by atoms with Crippen LogP contribution in [-0.4, -0.2) is 37.1 Å². The summed E-state index contributed by atoms with van der Waals surface area (Å²) < 4.78 is 1.94. The van der Waals surface area contributed by atoms with Crippen molar-refractivity contribution in [3.8, 4) is 0 Å². The summed E-state index contributed by atoms with van der Waals surface area (Å²) in [6.45, 7) is 3.29. The van der Waals surface area contributed by atoms with E-state index in [1.807, 2.05) is 16.5 Å². The Morgan fingerprint density at radius 3 is 2.86 bits per heavy atom. The molecule has 0 aromatic carbocycles. The molecule has 0 saturated heterocycles. The molecular weight excluding hydrogens is 302 g/mol. The summed E-state index contributed by atoms with van der Waals surface area (Å²) in [7, 11) is 0. The zero-order valence-electron chi connectivity index (χ0n) is 12.2. The van der Waals surface area contributed by atoms with Gasteiger partial charge in [0.1, 0.15) is 5.82 Å². The molecule has 22 heavy (non-hydrogen) atoms. The smallest absolute Gasteiger partial charge is 0.256 e. The van der Waals surface area contributed by atoms with Crippen molar-refractivity contribution in [2.24, 2.45) is 0 Å². The average Bonchev–Trinajstić information content (AvgIpc) is 3.27. The van der Waals surface area contributed by atoms with E-state index in [9.17, 15) is 4.79 Å². The summed E-state index contributed by atoms with van der Waals surface area (Å²) in [5.41, 5.74) is 0.509. The fourth-order valence-electron chi connectivity index (χ4n) is 2.87. The molecule has 2 aromatic heterocycles. The van der Waals surface area contributed by atoms with Crippen LogP contribution in [0, 0.1) is 0 Å². The first kappa shape index (κ1) is 13.7. The molecule has 1 atom stereocenters. The van der Waals surface area contributed by atoms with Gasteiger partial charge in [0.2, 0.25) is 0 Å². The minimum atomic E-state index is -0.0970. The molecule has 0 bridgehead atoms. The van der Waals surface area contributed by atoms with Gasteiger partial charge in [0.15, 0.2) is 5.82 Å². The molecule has 7 heteroatoms. The average molecular weight is 318 g/mol. The number of carbonyl (C=O) groups is 1. The number of pyridine rings is 1. The summed E-state index contributed by atoms with van der Waals surface area (Å²) in [4.78, 5) is 23.2. The highest BCUT2D eigenvalue weighted by Crippen LogP contribution is 2.39. The molecule has 0 spiro atoms. The zero-order chi connectivity index (χ0) is 15.3. The normalized spacial score (nSPS) is 20.8. The monoisotopic (exact) mass is 317 g/mol. The second-order valence-electron chi connectivity index (χ2n) is 5.89. The molecular formula is C15H16ClN5O. The Labute approximate surface area is 133 Å². The van der Waals surface area contributed by atoms with Crippen molar-refractivity contribution in [2.45, 2.75) is 38.3 Å². The van der Waals surface area contributed by atoms with Crippen LogP contribution in [0.4, 0.5) is 0 Å². The van der Waals surface area contributed by atoms with Crippen LogP contribution in [0.15, 0.2) is 18.5 Å². The third-order valence-electron chi connectivity index (χ3n) is 4.27. The van der Waals surface area contributed by atoms with Crippen LogP contribution in [0.2, 0.25) is 5.02 Å². The van der Waals surface area contributed by atoms with Crippen LogP contribution in [0.25, 0.3) is 0 Å². The number of carbonyl (C=O) groups excluding carboxylic acids is 1. The predicted octanol–water partition coefficient (Wildman–Crippen LogP) is 2.42. The van der Waals surface area contributed by atoms with Gasteiger partial charge in [-0.3, -0.25) is 9.78 Å². The number of rotatable bonds is 2. The number of hydrogen-bond donors (Lipinski definition) is 0. The van der Waals surface area contributed by atoms with Crippen LogP contribution in [0.3, 0.4) is 0 Å². The number of fused-ring (bicyclic) bond motifs is 1. The van der Waals surface area contributed by atoms with Gasteiger partial charge >= 0.3 is 0 Å². The van der Waals surface area contributed by atoms with Gasteiger partial charge in [0, 0.05) is 24.9 Å². The van der Waals surface area contributed by atoms with Crippen molar-refractivity contribution in [3.05, 3.63) is 40.7 Å². The van der Waals surface area contributed by atoms with E-state index in [4.69, 9.17) is 11.6 Å². The summed E-state index contributed by atoms with van der Waals surface area (Å²) in [5.74, 6) is 2.26. The Balaban J connectivity index is 1.62. The quantitative estimate of drug-likeness (QED) is 0.853. The second kappa shape index (κ2) is 5.05. The molecule has 1 aliphatic heterocycles. The largest absolute Gasteiger partial charge is 0.327 e. The molecule has 1 aliphatic carbocycles. The molecule has 1 fully saturated rings. The van der Waals surface area contributed by atoms with Crippen molar-refractivity contribution < 1.29 is 4.79 Å². The molecule has 6 nitrogen and oxygen atoms in total. The maximum Gasteiger partial charge on any atom is 0.256 e. The molecule has 0 radical (unpaired) electrons. The lowest BCUT2D eigenvalue weighted by Crippen LogP contribution is -2.41. The standard InChI is InChI=1S/C15H16ClN5O/c1-9-14-18-13(10-2-3-10)19-21(14)5-4-20(9)15(22)11-6-12(16)8-17-7-11/h6-10H,2-5H2,1H3/t9-/m1/s1. The number of aromatic nitrogens is 4. The van der Waals surface area contributed by atoms with Gasteiger partial charge in [-0.25, -0.2) is 9.67 Å². The fourth-order valence-corrected chi connectivity index (χ4v) is 3.04. The van der Waals surface area contributed by atoms with Crippen molar-refractivity contribution in [3.63, 3.8) is 0 Å². The lowest BCUT2D eigenvalue weighted by molar-refractivity contribution is 0.0630. The van der Waals surface area contributed by atoms with Gasteiger partial charge in [0.25, 0.3) is 5.91 Å². The Morgan fingerprint density at radius 1 is 1.32 bits per heavy atom. The molecule has 2 aliphatic rings. The Morgan fingerprint density at radius 2 is 2.14 bits per heavy atom. The Bertz CT molecular complexity index is 739. The van der Waals surface area contributed by atoms with Gasteiger partial charge in [-0.15, -0.1) is 0 Å². The summed E-state index contributed by atoms with van der Waals surface area (Å²) in [6, 6.07) is 1.55. The highest BCUT2D eigenvalue weighted by Gasteiger charge is 2.34. The van der Waals surface area contributed by atoms with E-state index in [0.717, 1.165) is 11.6 Å². The zero-order valence-corrected chi connectivity index (χ0v) is 13.0. The fraction of sp³-hybridized carbons (Fsp3) is 0.467. The van der Waals surface area contributed by atoms with Gasteiger partial charge in [-0.2, -0.15) is 5.10 Å². The van der Waals surface area contributed by atoms with E-state index in [2.05, 4.69) is 15.1 Å². The highest BCUT2D eigenvalue weighted by atomic mass is 35.5. The second-order valence-corrected chi connectivity index (χ2v) is 6.33. The molecule has 4 rings (SSSR count). The lowest BCUT2D eigenvalue weighted by Gasteiger charge is -2.32. The molecule has 1 saturated carbocycles. The van der Waals surface area contributed by atoms with Gasteiger partial charge in [-0.1, -0.05) is 11.6 Å². The maximum atomic E-state index is 12.7. The summed E-state index contributed by atoms with van der Waals surface area (Å²) in [6.07, 6.45) is 5.43. The van der Waals surface area contributed by atoms with Crippen LogP contribution in [0.1, 0.15) is 53.7 Å². The Hall–Kier alpha value is -1.95. The van der Waals surface area contributed by atoms with Gasteiger partial charge in [0.05, 0.1) is 23.2 Å². The molecule has 2 aromatic rings. The first-order chi connectivity index (χ1) is 10.6. The molecule has 114 valence electrons. The van der Waals surface area contributed by atoms with Crippen LogP contribution in [0.5, 0.6) is 0 Å². The third-order valence-corrected chi connectivity index (χ3v) is 4.47. The van der Waals surface area contributed by atoms with Crippen molar-refractivity contribution in [1.82, 2.24) is 24.6 Å². The van der Waals surface area contributed by atoms with E-state index in [-0.39, 0.29) is 11.9 Å². The van der Waals surface area contributed by atoms with Crippen LogP contribution >= 0.6 is 11.6 Å². The molecule has 3 heterocycles. The predicted molar refractivity (Wildman–Crippen MR) is 80.7 cm³/mol.